The van der Waals surface area contributed by atoms with Gasteiger partial charge in [0, 0.05) is 6.42 Å². The van der Waals surface area contributed by atoms with E-state index in [1.807, 2.05) is 56.3 Å². The summed E-state index contributed by atoms with van der Waals surface area (Å²) in [6.07, 6.45) is 0.503. The van der Waals surface area contributed by atoms with Crippen molar-refractivity contribution in [3.63, 3.8) is 0 Å². The number of nitrogens with one attached hydrogen (secondary N) is 2. The monoisotopic (exact) mass is 321 g/mol. The number of benzene rings is 2. The van der Waals surface area contributed by atoms with Gasteiger partial charge < -0.3 is 10.3 Å². The van der Waals surface area contributed by atoms with E-state index < -0.39 is 0 Å². The van der Waals surface area contributed by atoms with E-state index in [1.54, 1.807) is 0 Å². The second kappa shape index (κ2) is 6.87. The third-order valence-corrected chi connectivity index (χ3v) is 3.96. The summed E-state index contributed by atoms with van der Waals surface area (Å²) in [6, 6.07) is 15.8. The highest BCUT2D eigenvalue weighted by atomic mass is 16.1. The van der Waals surface area contributed by atoms with Crippen molar-refractivity contribution in [2.45, 2.75) is 33.2 Å². The molecular formula is C20H23N3O. The molecule has 0 aliphatic carbocycles. The van der Waals surface area contributed by atoms with Gasteiger partial charge >= 0.3 is 0 Å². The van der Waals surface area contributed by atoms with E-state index in [-0.39, 0.29) is 11.9 Å². The zero-order chi connectivity index (χ0) is 17.1. The first-order valence-corrected chi connectivity index (χ1v) is 8.33. The molecule has 0 radical (unpaired) electrons. The molecule has 4 heteroatoms. The van der Waals surface area contributed by atoms with E-state index in [0.29, 0.717) is 12.3 Å². The van der Waals surface area contributed by atoms with Gasteiger partial charge in [0.05, 0.1) is 11.0 Å². The van der Waals surface area contributed by atoms with E-state index in [4.69, 9.17) is 4.98 Å². The van der Waals surface area contributed by atoms with Gasteiger partial charge in [0.2, 0.25) is 5.91 Å². The number of imidazole rings is 1. The molecule has 1 unspecified atom stereocenters. The van der Waals surface area contributed by atoms with Crippen molar-refractivity contribution in [2.24, 2.45) is 5.92 Å². The predicted octanol–water partition coefficient (Wildman–Crippen LogP) is 4.12. The highest BCUT2D eigenvalue weighted by molar-refractivity contribution is 5.78. The summed E-state index contributed by atoms with van der Waals surface area (Å²) in [5.41, 5.74) is 4.10. The molecule has 0 fully saturated rings. The average Bonchev–Trinajstić information content (AvgIpc) is 2.95. The second-order valence-corrected chi connectivity index (χ2v) is 6.65. The Balaban J connectivity index is 1.97. The maximum Gasteiger partial charge on any atom is 0.221 e. The molecule has 3 aromatic rings. The Morgan fingerprint density at radius 1 is 1.17 bits per heavy atom. The second-order valence-electron chi connectivity index (χ2n) is 6.65. The lowest BCUT2D eigenvalue weighted by atomic mass is 10.0. The molecule has 2 aromatic carbocycles. The first-order chi connectivity index (χ1) is 11.5. The minimum Gasteiger partial charge on any atom is -0.342 e. The Morgan fingerprint density at radius 3 is 2.62 bits per heavy atom. The number of hydrogen-bond donors (Lipinski definition) is 2. The molecule has 0 aliphatic rings. The zero-order valence-corrected chi connectivity index (χ0v) is 14.3. The summed E-state index contributed by atoms with van der Waals surface area (Å²) in [5.74, 6) is 1.12. The summed E-state index contributed by atoms with van der Waals surface area (Å²) >= 11 is 0. The van der Waals surface area contributed by atoms with Crippen molar-refractivity contribution >= 4 is 16.9 Å². The van der Waals surface area contributed by atoms with Gasteiger partial charge in [-0.25, -0.2) is 4.98 Å². The van der Waals surface area contributed by atoms with E-state index >= 15 is 0 Å². The van der Waals surface area contributed by atoms with E-state index in [2.05, 4.69) is 23.3 Å². The van der Waals surface area contributed by atoms with Gasteiger partial charge in [-0.3, -0.25) is 4.79 Å². The van der Waals surface area contributed by atoms with E-state index in [1.165, 1.54) is 5.56 Å². The predicted molar refractivity (Wildman–Crippen MR) is 96.7 cm³/mol. The first kappa shape index (κ1) is 16.2. The fourth-order valence-corrected chi connectivity index (χ4v) is 2.83. The first-order valence-electron chi connectivity index (χ1n) is 8.33. The lowest BCUT2D eigenvalue weighted by molar-refractivity contribution is -0.122. The molecule has 0 aliphatic heterocycles. The van der Waals surface area contributed by atoms with Crippen LogP contribution in [0, 0.1) is 12.8 Å². The van der Waals surface area contributed by atoms with Crippen LogP contribution in [0.4, 0.5) is 0 Å². The van der Waals surface area contributed by atoms with Crippen LogP contribution >= 0.6 is 0 Å². The molecule has 124 valence electrons. The number of aromatic nitrogens is 2. The molecule has 24 heavy (non-hydrogen) atoms. The van der Waals surface area contributed by atoms with Crippen LogP contribution in [0.1, 0.15) is 43.3 Å². The van der Waals surface area contributed by atoms with Crippen molar-refractivity contribution < 1.29 is 4.79 Å². The smallest absolute Gasteiger partial charge is 0.221 e. The Hall–Kier alpha value is -2.62. The van der Waals surface area contributed by atoms with E-state index in [9.17, 15) is 4.79 Å². The lowest BCUT2D eigenvalue weighted by Gasteiger charge is -2.18. The van der Waals surface area contributed by atoms with Crippen molar-refractivity contribution in [3.05, 3.63) is 65.5 Å². The number of aromatic amines is 1. The Labute approximate surface area is 142 Å². The molecule has 1 atom stereocenters. The number of rotatable bonds is 5. The van der Waals surface area contributed by atoms with Crippen LogP contribution in [-0.4, -0.2) is 15.9 Å². The molecule has 2 N–H and O–H groups in total. The van der Waals surface area contributed by atoms with Gasteiger partial charge in [0.15, 0.2) is 0 Å². The van der Waals surface area contributed by atoms with Gasteiger partial charge in [-0.1, -0.05) is 50.2 Å². The molecule has 3 rings (SSSR count). The Kier molecular flexibility index (Phi) is 4.65. The quantitative estimate of drug-likeness (QED) is 0.742. The average molecular weight is 321 g/mol. The summed E-state index contributed by atoms with van der Waals surface area (Å²) in [6.45, 7) is 6.14. The van der Waals surface area contributed by atoms with Crippen LogP contribution in [-0.2, 0) is 4.79 Å². The largest absolute Gasteiger partial charge is 0.342 e. The van der Waals surface area contributed by atoms with Gasteiger partial charge in [0.25, 0.3) is 0 Å². The summed E-state index contributed by atoms with van der Waals surface area (Å²) in [7, 11) is 0. The molecule has 0 spiro atoms. The van der Waals surface area contributed by atoms with Crippen LogP contribution in [0.25, 0.3) is 11.0 Å². The minimum absolute atomic E-state index is 0.0375. The number of amides is 1. The number of aryl methyl sites for hydroxylation is 1. The number of nitrogens with zero attached hydrogens (tertiary/aromatic N) is 1. The number of carbonyl (C=O) groups is 1. The topological polar surface area (TPSA) is 57.8 Å². The molecule has 0 saturated heterocycles. The fourth-order valence-electron chi connectivity index (χ4n) is 2.83. The number of hydrogen-bond acceptors (Lipinski definition) is 2. The van der Waals surface area contributed by atoms with Gasteiger partial charge in [-0.05, 0) is 36.1 Å². The Morgan fingerprint density at radius 2 is 1.92 bits per heavy atom. The van der Waals surface area contributed by atoms with Crippen LogP contribution in [0.15, 0.2) is 48.5 Å². The third-order valence-electron chi connectivity index (χ3n) is 3.96. The number of fused-ring (bicyclic) bond motifs is 1. The maximum absolute atomic E-state index is 12.3. The maximum atomic E-state index is 12.3. The van der Waals surface area contributed by atoms with Crippen molar-refractivity contribution in [3.8, 4) is 0 Å². The van der Waals surface area contributed by atoms with Crippen molar-refractivity contribution in [2.75, 3.05) is 0 Å². The van der Waals surface area contributed by atoms with Crippen LogP contribution in [0.3, 0.4) is 0 Å². The summed E-state index contributed by atoms with van der Waals surface area (Å²) in [5, 5.41) is 3.12. The normalized spacial score (nSPS) is 12.5. The van der Waals surface area contributed by atoms with Crippen LogP contribution < -0.4 is 5.32 Å². The lowest BCUT2D eigenvalue weighted by Crippen LogP contribution is -2.30. The molecule has 1 amide bonds. The molecule has 0 saturated carbocycles. The van der Waals surface area contributed by atoms with Crippen molar-refractivity contribution in [1.29, 1.82) is 0 Å². The zero-order valence-electron chi connectivity index (χ0n) is 14.3. The molecule has 4 nitrogen and oxygen atoms in total. The van der Waals surface area contributed by atoms with E-state index in [0.717, 1.165) is 22.4 Å². The molecule has 1 heterocycles. The molecular weight excluding hydrogens is 298 g/mol. The standard InChI is InChI=1S/C20H23N3O/c1-13(2)11-18(24)23-19(15-7-5-4-6-8-15)20-21-16-10-9-14(3)12-17(16)22-20/h4-10,12-13,19H,11H2,1-3H3,(H,21,22)(H,23,24). The number of H-pyrrole nitrogens is 1. The SMILES string of the molecule is Cc1ccc2nc(C(NC(=O)CC(C)C)c3ccccc3)[nH]c2c1. The highest BCUT2D eigenvalue weighted by Crippen LogP contribution is 2.23. The van der Waals surface area contributed by atoms with Gasteiger partial charge in [-0.2, -0.15) is 0 Å². The van der Waals surface area contributed by atoms with Gasteiger partial charge in [0.1, 0.15) is 11.9 Å². The van der Waals surface area contributed by atoms with Crippen molar-refractivity contribution in [1.82, 2.24) is 15.3 Å². The van der Waals surface area contributed by atoms with Crippen LogP contribution in [0.5, 0.6) is 0 Å². The van der Waals surface area contributed by atoms with Crippen LogP contribution in [0.2, 0.25) is 0 Å². The molecule has 0 bridgehead atoms. The highest BCUT2D eigenvalue weighted by Gasteiger charge is 2.20. The number of carbonyl (C=O) groups excluding carboxylic acids is 1. The Bertz CT molecular complexity index is 836. The molecule has 1 aromatic heterocycles. The summed E-state index contributed by atoms with van der Waals surface area (Å²) in [4.78, 5) is 20.4. The fraction of sp³-hybridized carbons (Fsp3) is 0.300. The third kappa shape index (κ3) is 3.65. The minimum atomic E-state index is -0.273. The van der Waals surface area contributed by atoms with Gasteiger partial charge in [-0.15, -0.1) is 0 Å². The summed E-state index contributed by atoms with van der Waals surface area (Å²) < 4.78 is 0.